The van der Waals surface area contributed by atoms with Crippen LogP contribution in [0.5, 0.6) is 0 Å². The van der Waals surface area contributed by atoms with Crippen molar-refractivity contribution in [2.45, 2.75) is 6.61 Å². The van der Waals surface area contributed by atoms with E-state index in [1.54, 1.807) is 12.1 Å². The molecule has 0 saturated carbocycles. The number of pyridine rings is 1. The lowest BCUT2D eigenvalue weighted by Gasteiger charge is -2.33. The Morgan fingerprint density at radius 2 is 1.51 bits per heavy atom. The Morgan fingerprint density at radius 3 is 2.19 bits per heavy atom. The molecule has 0 unspecified atom stereocenters. The summed E-state index contributed by atoms with van der Waals surface area (Å²) >= 11 is 0. The van der Waals surface area contributed by atoms with Crippen LogP contribution in [0.4, 0.5) is 14.0 Å². The van der Waals surface area contributed by atoms with E-state index < -0.39 is 23.6 Å². The summed E-state index contributed by atoms with van der Waals surface area (Å²) in [5.41, 5.74) is 1.50. The highest BCUT2D eigenvalue weighted by Gasteiger charge is 2.31. The molecule has 1 saturated heterocycles. The second kappa shape index (κ2) is 10.5. The van der Waals surface area contributed by atoms with Crippen molar-refractivity contribution in [3.8, 4) is 22.4 Å². The monoisotopic (exact) mass is 502 g/mol. The van der Waals surface area contributed by atoms with Gasteiger partial charge in [-0.15, -0.1) is 4.74 Å². The average Bonchev–Trinajstić information content (AvgIpc) is 3.29. The Labute approximate surface area is 211 Å². The van der Waals surface area contributed by atoms with Gasteiger partial charge in [-0.3, -0.25) is 4.98 Å². The summed E-state index contributed by atoms with van der Waals surface area (Å²) in [5, 5.41) is 0. The Hall–Kier alpha value is -4.73. The number of aromatic nitrogens is 2. The molecule has 1 fully saturated rings. The van der Waals surface area contributed by atoms with Gasteiger partial charge in [0.05, 0.1) is 5.56 Å². The van der Waals surface area contributed by atoms with E-state index in [0.29, 0.717) is 11.1 Å². The van der Waals surface area contributed by atoms with Gasteiger partial charge in [-0.1, -0.05) is 42.5 Å². The Balaban J connectivity index is 1.35. The maximum absolute atomic E-state index is 13.5. The zero-order chi connectivity index (χ0) is 25.8. The fourth-order valence-corrected chi connectivity index (χ4v) is 4.17. The molecule has 4 aromatic rings. The quantitative estimate of drug-likeness (QED) is 0.414. The third-order valence-corrected chi connectivity index (χ3v) is 6.09. The minimum Gasteiger partial charge on any atom is -0.445 e. The van der Waals surface area contributed by atoms with Crippen LogP contribution < -0.4 is 5.63 Å². The molecule has 0 N–H and O–H groups in total. The lowest BCUT2D eigenvalue weighted by Crippen LogP contribution is -2.51. The minimum atomic E-state index is -0.727. The van der Waals surface area contributed by atoms with Crippen LogP contribution in [0, 0.1) is 5.82 Å². The molecule has 5 rings (SSSR count). The van der Waals surface area contributed by atoms with Gasteiger partial charge >= 0.3 is 17.7 Å². The van der Waals surface area contributed by atoms with Gasteiger partial charge in [0, 0.05) is 44.1 Å². The zero-order valence-electron chi connectivity index (χ0n) is 19.7. The standard InChI is InChI=1S/C27H23FN4O5/c28-22-8-6-20(7-9-22)23-24(21-10-12-29-13-11-21)32(37-25(23)33)26(34)30-14-16-31(17-15-30)27(35)36-18-19-4-2-1-3-5-19/h1-13H,14-18H2. The van der Waals surface area contributed by atoms with Crippen molar-refractivity contribution in [1.82, 2.24) is 19.5 Å². The number of rotatable bonds is 4. The van der Waals surface area contributed by atoms with Crippen molar-refractivity contribution in [3.63, 3.8) is 0 Å². The summed E-state index contributed by atoms with van der Waals surface area (Å²) in [4.78, 5) is 45.9. The van der Waals surface area contributed by atoms with E-state index in [1.807, 2.05) is 30.3 Å². The van der Waals surface area contributed by atoms with Gasteiger partial charge in [0.25, 0.3) is 0 Å². The summed E-state index contributed by atoms with van der Waals surface area (Å²) in [5.74, 6) is -0.450. The van der Waals surface area contributed by atoms with Crippen molar-refractivity contribution >= 4 is 12.1 Å². The molecular formula is C27H23FN4O5. The summed E-state index contributed by atoms with van der Waals surface area (Å²) in [7, 11) is 0. The lowest BCUT2D eigenvalue weighted by atomic mass is 10.0. The predicted molar refractivity (Wildman–Crippen MR) is 132 cm³/mol. The van der Waals surface area contributed by atoms with E-state index in [1.165, 1.54) is 46.5 Å². The molecule has 0 radical (unpaired) electrons. The number of carbonyl (C=O) groups is 2. The first-order valence-corrected chi connectivity index (χ1v) is 11.7. The fourth-order valence-electron chi connectivity index (χ4n) is 4.17. The molecule has 2 amide bonds. The summed E-state index contributed by atoms with van der Waals surface area (Å²) < 4.78 is 25.3. The predicted octanol–water partition coefficient (Wildman–Crippen LogP) is 4.23. The largest absolute Gasteiger partial charge is 0.445 e. The van der Waals surface area contributed by atoms with Crippen LogP contribution >= 0.6 is 0 Å². The molecule has 0 bridgehead atoms. The Morgan fingerprint density at radius 1 is 0.865 bits per heavy atom. The van der Waals surface area contributed by atoms with Crippen LogP contribution in [0.2, 0.25) is 0 Å². The number of nitrogens with zero attached hydrogens (tertiary/aromatic N) is 4. The molecule has 37 heavy (non-hydrogen) atoms. The normalized spacial score (nSPS) is 13.4. The van der Waals surface area contributed by atoms with Crippen molar-refractivity contribution in [2.24, 2.45) is 0 Å². The van der Waals surface area contributed by atoms with E-state index in [0.717, 1.165) is 10.3 Å². The van der Waals surface area contributed by atoms with Crippen molar-refractivity contribution in [3.05, 3.63) is 101 Å². The number of halogens is 1. The highest BCUT2D eigenvalue weighted by molar-refractivity contribution is 5.88. The molecule has 10 heteroatoms. The van der Waals surface area contributed by atoms with Gasteiger partial charge < -0.3 is 19.1 Å². The van der Waals surface area contributed by atoms with Crippen molar-refractivity contribution in [1.29, 1.82) is 0 Å². The van der Waals surface area contributed by atoms with Crippen LogP contribution in [-0.2, 0) is 11.3 Å². The van der Waals surface area contributed by atoms with Crippen LogP contribution in [0.3, 0.4) is 0 Å². The maximum atomic E-state index is 13.5. The SMILES string of the molecule is O=C(OCc1ccccc1)N1CCN(C(=O)n2oc(=O)c(-c3ccc(F)cc3)c2-c2ccncc2)CC1. The maximum Gasteiger partial charge on any atom is 0.410 e. The summed E-state index contributed by atoms with van der Waals surface area (Å²) in [6.07, 6.45) is 2.62. The first-order valence-electron chi connectivity index (χ1n) is 11.7. The third kappa shape index (κ3) is 5.13. The number of ether oxygens (including phenoxy) is 1. The Kier molecular flexibility index (Phi) is 6.80. The molecule has 1 aliphatic heterocycles. The number of piperazine rings is 1. The van der Waals surface area contributed by atoms with E-state index in [-0.39, 0.29) is 44.0 Å². The van der Waals surface area contributed by atoms with Crippen LogP contribution in [0.15, 0.2) is 88.4 Å². The zero-order valence-corrected chi connectivity index (χ0v) is 19.7. The van der Waals surface area contributed by atoms with Gasteiger partial charge in [-0.25, -0.2) is 18.8 Å². The molecule has 1 aliphatic rings. The minimum absolute atomic E-state index is 0.141. The highest BCUT2D eigenvalue weighted by atomic mass is 19.1. The van der Waals surface area contributed by atoms with Gasteiger partial charge in [0.1, 0.15) is 18.1 Å². The van der Waals surface area contributed by atoms with E-state index >= 15 is 0 Å². The molecular weight excluding hydrogens is 479 g/mol. The van der Waals surface area contributed by atoms with Crippen molar-refractivity contribution < 1.29 is 23.2 Å². The molecule has 0 atom stereocenters. The Bertz CT molecular complexity index is 1440. The molecule has 3 heterocycles. The third-order valence-electron chi connectivity index (χ3n) is 6.09. The molecule has 2 aromatic carbocycles. The lowest BCUT2D eigenvalue weighted by molar-refractivity contribution is 0.0744. The van der Waals surface area contributed by atoms with Gasteiger partial charge in [-0.05, 0) is 35.4 Å². The topological polar surface area (TPSA) is 97.9 Å². The van der Waals surface area contributed by atoms with E-state index in [9.17, 15) is 18.8 Å². The second-order valence-electron chi connectivity index (χ2n) is 8.44. The van der Waals surface area contributed by atoms with Gasteiger partial charge in [-0.2, -0.15) is 0 Å². The molecule has 188 valence electrons. The molecule has 0 spiro atoms. The van der Waals surface area contributed by atoms with Gasteiger partial charge in [0.2, 0.25) is 0 Å². The molecule has 0 aliphatic carbocycles. The van der Waals surface area contributed by atoms with E-state index in [4.69, 9.17) is 9.26 Å². The average molecular weight is 503 g/mol. The number of hydrogen-bond donors (Lipinski definition) is 0. The van der Waals surface area contributed by atoms with Crippen LogP contribution in [0.25, 0.3) is 22.4 Å². The fraction of sp³-hybridized carbons (Fsp3) is 0.185. The number of carbonyl (C=O) groups excluding carboxylic acids is 2. The van der Waals surface area contributed by atoms with Crippen LogP contribution in [0.1, 0.15) is 5.56 Å². The van der Waals surface area contributed by atoms with E-state index in [2.05, 4.69) is 4.98 Å². The summed E-state index contributed by atoms with van der Waals surface area (Å²) in [6.45, 7) is 1.14. The number of benzene rings is 2. The number of amides is 2. The molecule has 2 aromatic heterocycles. The smallest absolute Gasteiger partial charge is 0.410 e. The number of hydrogen-bond acceptors (Lipinski definition) is 6. The van der Waals surface area contributed by atoms with Crippen LogP contribution in [-0.4, -0.2) is 57.8 Å². The van der Waals surface area contributed by atoms with Gasteiger partial charge in [0.15, 0.2) is 0 Å². The first kappa shape index (κ1) is 24.0. The first-order chi connectivity index (χ1) is 18.0. The second-order valence-corrected chi connectivity index (χ2v) is 8.44. The summed E-state index contributed by atoms with van der Waals surface area (Å²) in [6, 6.07) is 17.5. The van der Waals surface area contributed by atoms with Crippen molar-refractivity contribution in [2.75, 3.05) is 26.2 Å². The highest BCUT2D eigenvalue weighted by Crippen LogP contribution is 2.30. The molecule has 9 nitrogen and oxygen atoms in total.